The third-order valence-electron chi connectivity index (χ3n) is 6.94. The van der Waals surface area contributed by atoms with Gasteiger partial charge in [0.15, 0.2) is 0 Å². The van der Waals surface area contributed by atoms with Gasteiger partial charge in [0.05, 0.1) is 14.8 Å². The number of non-ortho nitro benzene ring substituents is 3. The molecule has 0 aliphatic heterocycles. The largest absolute Gasteiger partial charge is 0.444 e. The summed E-state index contributed by atoms with van der Waals surface area (Å²) in [7, 11) is 1.41. The van der Waals surface area contributed by atoms with Gasteiger partial charge in [-0.05, 0) is 99.5 Å². The van der Waals surface area contributed by atoms with Crippen LogP contribution in [0.15, 0.2) is 122 Å². The Morgan fingerprint density at radius 3 is 1.23 bits per heavy atom. The monoisotopic (exact) mass is 858 g/mol. The van der Waals surface area contributed by atoms with Crippen molar-refractivity contribution >= 4 is 69.3 Å². The molecule has 0 unspecified atom stereocenters. The molecule has 4 amide bonds. The fourth-order valence-electron chi connectivity index (χ4n) is 4.13. The molecule has 0 fully saturated rings. The van der Waals surface area contributed by atoms with Crippen molar-refractivity contribution in [1.82, 2.24) is 0 Å². The van der Waals surface area contributed by atoms with Crippen LogP contribution in [0.25, 0.3) is 0 Å². The summed E-state index contributed by atoms with van der Waals surface area (Å²) in [5, 5.41) is 44.4. The molecular formula is C42H50N8O12. The Balaban J connectivity index is 0.000000417. The number of nitro benzene ring substituents is 3. The maximum absolute atomic E-state index is 11.5. The third kappa shape index (κ3) is 22.8. The normalized spacial score (nSPS) is 9.92. The van der Waals surface area contributed by atoms with E-state index >= 15 is 0 Å². The zero-order valence-corrected chi connectivity index (χ0v) is 35.0. The highest BCUT2D eigenvalue weighted by atomic mass is 16.6. The van der Waals surface area contributed by atoms with Crippen LogP contribution in [-0.2, 0) is 23.9 Å². The van der Waals surface area contributed by atoms with E-state index in [-0.39, 0.29) is 41.4 Å². The van der Waals surface area contributed by atoms with Crippen molar-refractivity contribution in [1.29, 1.82) is 0 Å². The molecule has 330 valence electrons. The Labute approximate surface area is 357 Å². The van der Waals surface area contributed by atoms with Gasteiger partial charge in [-0.1, -0.05) is 27.0 Å². The fraction of sp³-hybridized carbons (Fsp3) is 0.238. The average molecular weight is 859 g/mol. The first-order chi connectivity index (χ1) is 29.2. The smallest absolute Gasteiger partial charge is 0.412 e. The van der Waals surface area contributed by atoms with Crippen molar-refractivity contribution in [2.24, 2.45) is 5.92 Å². The molecule has 0 aromatic heterocycles. The highest BCUT2D eigenvalue weighted by Crippen LogP contribution is 2.18. The van der Waals surface area contributed by atoms with E-state index in [2.05, 4.69) is 58.3 Å². The minimum Gasteiger partial charge on any atom is -0.444 e. The van der Waals surface area contributed by atoms with Crippen molar-refractivity contribution in [3.63, 3.8) is 0 Å². The molecule has 0 atom stereocenters. The molecule has 0 saturated heterocycles. The van der Waals surface area contributed by atoms with E-state index in [9.17, 15) is 49.5 Å². The average Bonchev–Trinajstić information content (AvgIpc) is 3.21. The number of carbonyl (C=O) groups excluding carboxylic acids is 4. The molecular weight excluding hydrogens is 809 g/mol. The van der Waals surface area contributed by atoms with Gasteiger partial charge in [0.25, 0.3) is 17.1 Å². The summed E-state index contributed by atoms with van der Waals surface area (Å²) in [5.74, 6) is -0.372. The maximum atomic E-state index is 11.5. The van der Waals surface area contributed by atoms with Gasteiger partial charge < -0.3 is 30.7 Å². The number of rotatable bonds is 14. The number of nitro groups is 3. The molecule has 62 heavy (non-hydrogen) atoms. The second-order valence-corrected chi connectivity index (χ2v) is 13.8. The Hall–Kier alpha value is -8.00. The lowest BCUT2D eigenvalue weighted by Crippen LogP contribution is -2.27. The first-order valence-corrected chi connectivity index (χ1v) is 18.4. The second kappa shape index (κ2) is 26.9. The van der Waals surface area contributed by atoms with Crippen molar-refractivity contribution < 1.29 is 43.4 Å². The van der Waals surface area contributed by atoms with Crippen LogP contribution < -0.4 is 26.6 Å². The number of anilines is 5. The van der Waals surface area contributed by atoms with E-state index in [4.69, 9.17) is 4.74 Å². The molecule has 20 nitrogen and oxygen atoms in total. The Morgan fingerprint density at radius 1 is 0.597 bits per heavy atom. The zero-order valence-electron chi connectivity index (χ0n) is 35.0. The van der Waals surface area contributed by atoms with Crippen molar-refractivity contribution in [2.75, 3.05) is 46.8 Å². The molecule has 4 aromatic rings. The fourth-order valence-corrected chi connectivity index (χ4v) is 4.13. The van der Waals surface area contributed by atoms with Crippen LogP contribution >= 0.6 is 0 Å². The molecule has 4 rings (SSSR count). The van der Waals surface area contributed by atoms with Crippen LogP contribution in [-0.4, -0.2) is 64.4 Å². The van der Waals surface area contributed by atoms with E-state index in [1.54, 1.807) is 57.2 Å². The number of ether oxygens (including phenoxy) is 2. The molecule has 4 aromatic carbocycles. The first kappa shape index (κ1) is 52.0. The lowest BCUT2D eigenvalue weighted by atomic mass is 10.2. The number of methoxy groups -OCH3 is 1. The number of amides is 4. The molecule has 0 radical (unpaired) electrons. The summed E-state index contributed by atoms with van der Waals surface area (Å²) in [6.45, 7) is 17.1. The standard InChI is InChI=1S/C14H18N2O3.C10H14N2O2.C9H10N2O4.C9H8N2O3/c1-5-12(17)15-10-6-8-11(9-7-10)16-13(18)19-14(2,3)4;1-8(2)7-11-9-3-5-10(6-4-9)12(13)14;1-15-6-9(12)10-7-2-4-8(5-3-7)11(13)14;1-2-9(12)10-7-3-5-8(6-4-7)11(13)14/h5-9H,1H2,2-4H3,(H,15,17)(H,16,18);3-6,8,11H,7H2,1-2H3;2-5H,6H2,1H3,(H,10,12);2-6H,1H2,(H,10,12). The van der Waals surface area contributed by atoms with E-state index in [0.29, 0.717) is 28.7 Å². The third-order valence-corrected chi connectivity index (χ3v) is 6.94. The van der Waals surface area contributed by atoms with Gasteiger partial charge in [0.1, 0.15) is 12.2 Å². The number of nitrogens with zero attached hydrogens (tertiary/aromatic N) is 3. The molecule has 0 aliphatic carbocycles. The maximum Gasteiger partial charge on any atom is 0.412 e. The van der Waals surface area contributed by atoms with Crippen LogP contribution in [0, 0.1) is 36.3 Å². The van der Waals surface area contributed by atoms with Crippen molar-refractivity contribution in [3.8, 4) is 0 Å². The highest BCUT2D eigenvalue weighted by Gasteiger charge is 2.16. The van der Waals surface area contributed by atoms with Crippen LogP contribution in [0.4, 0.5) is 50.3 Å². The van der Waals surface area contributed by atoms with Gasteiger partial charge in [-0.3, -0.25) is 50.0 Å². The van der Waals surface area contributed by atoms with Gasteiger partial charge >= 0.3 is 6.09 Å². The zero-order chi connectivity index (χ0) is 46.8. The summed E-state index contributed by atoms with van der Waals surface area (Å²) in [4.78, 5) is 74.1. The summed E-state index contributed by atoms with van der Waals surface area (Å²) < 4.78 is 9.74. The Bertz CT molecular complexity index is 2120. The SMILES string of the molecule is C=CC(=O)Nc1ccc(NC(=O)OC(C)(C)C)cc1.C=CC(=O)Nc1ccc([N+](=O)[O-])cc1.CC(C)CNc1ccc([N+](=O)[O-])cc1.COCC(=O)Nc1ccc([N+](=O)[O-])cc1. The molecule has 0 saturated carbocycles. The highest BCUT2D eigenvalue weighted by molar-refractivity contribution is 5.99. The molecule has 0 spiro atoms. The first-order valence-electron chi connectivity index (χ1n) is 18.4. The summed E-state index contributed by atoms with van der Waals surface area (Å²) in [6, 6.07) is 24.3. The topological polar surface area (TPSA) is 276 Å². The van der Waals surface area contributed by atoms with E-state index < -0.39 is 26.5 Å². The number of benzene rings is 4. The van der Waals surface area contributed by atoms with Crippen LogP contribution in [0.2, 0.25) is 0 Å². The van der Waals surface area contributed by atoms with Gasteiger partial charge in [0.2, 0.25) is 17.7 Å². The molecule has 5 N–H and O–H groups in total. The number of nitrogens with one attached hydrogen (secondary N) is 5. The van der Waals surface area contributed by atoms with Crippen LogP contribution in [0.5, 0.6) is 0 Å². The Morgan fingerprint density at radius 2 is 0.919 bits per heavy atom. The van der Waals surface area contributed by atoms with Crippen LogP contribution in [0.3, 0.4) is 0 Å². The predicted octanol–water partition coefficient (Wildman–Crippen LogP) is 8.72. The minimum atomic E-state index is -0.540. The van der Waals surface area contributed by atoms with Gasteiger partial charge in [0, 0.05) is 78.5 Å². The second-order valence-electron chi connectivity index (χ2n) is 13.8. The molecule has 0 heterocycles. The minimum absolute atomic E-state index is 0.0124. The molecule has 20 heteroatoms. The van der Waals surface area contributed by atoms with E-state index in [1.165, 1.54) is 73.8 Å². The molecule has 0 aliphatic rings. The van der Waals surface area contributed by atoms with Crippen molar-refractivity contribution in [2.45, 2.75) is 40.2 Å². The Kier molecular flexibility index (Phi) is 22.6. The lowest BCUT2D eigenvalue weighted by Gasteiger charge is -2.19. The van der Waals surface area contributed by atoms with E-state index in [1.807, 2.05) is 0 Å². The van der Waals surface area contributed by atoms with E-state index in [0.717, 1.165) is 18.3 Å². The summed E-state index contributed by atoms with van der Waals surface area (Å²) in [6.07, 6.45) is 1.80. The number of hydrogen-bond donors (Lipinski definition) is 5. The molecule has 0 bridgehead atoms. The van der Waals surface area contributed by atoms with Gasteiger partial charge in [-0.2, -0.15) is 0 Å². The quantitative estimate of drug-likeness (QED) is 0.0451. The lowest BCUT2D eigenvalue weighted by molar-refractivity contribution is -0.385. The summed E-state index contributed by atoms with van der Waals surface area (Å²) in [5.41, 5.74) is 2.70. The number of hydrogen-bond acceptors (Lipinski definition) is 13. The predicted molar refractivity (Wildman–Crippen MR) is 237 cm³/mol. The van der Waals surface area contributed by atoms with Crippen molar-refractivity contribution in [3.05, 3.63) is 153 Å². The number of carbonyl (C=O) groups is 4. The van der Waals surface area contributed by atoms with Gasteiger partial charge in [-0.25, -0.2) is 4.79 Å². The van der Waals surface area contributed by atoms with Gasteiger partial charge in [-0.15, -0.1) is 0 Å². The van der Waals surface area contributed by atoms with Crippen LogP contribution in [0.1, 0.15) is 34.6 Å². The summed E-state index contributed by atoms with van der Waals surface area (Å²) >= 11 is 0.